The number of rotatable bonds is 4. The van der Waals surface area contributed by atoms with Gasteiger partial charge in [0.05, 0.1) is 11.9 Å². The minimum Gasteiger partial charge on any atom is -0.369 e. The number of aryl methyl sites for hydroxylation is 1. The van der Waals surface area contributed by atoms with Crippen LogP contribution in [-0.4, -0.2) is 16.8 Å². The molecule has 0 aliphatic heterocycles. The van der Waals surface area contributed by atoms with E-state index in [4.69, 9.17) is 0 Å². The molecule has 0 amide bonds. The number of aromatic nitrogens is 2. The van der Waals surface area contributed by atoms with Crippen LogP contribution in [0.3, 0.4) is 0 Å². The molecule has 2 rings (SSSR count). The summed E-state index contributed by atoms with van der Waals surface area (Å²) in [6.45, 7) is 0.847. The van der Waals surface area contributed by atoms with E-state index < -0.39 is 0 Å². The first-order valence-corrected chi connectivity index (χ1v) is 7.54. The first-order chi connectivity index (χ1) is 8.60. The molecule has 2 aromatic rings. The number of anilines is 1. The maximum absolute atomic E-state index is 4.19. The van der Waals surface area contributed by atoms with E-state index >= 15 is 0 Å². The lowest BCUT2D eigenvalue weighted by Gasteiger charge is -2.20. The zero-order valence-electron chi connectivity index (χ0n) is 10.4. The topological polar surface area (TPSA) is 21.1 Å². The first kappa shape index (κ1) is 13.6. The molecule has 1 heterocycles. The number of benzene rings is 1. The average Bonchev–Trinajstić information content (AvgIpc) is 2.74. The smallest absolute Gasteiger partial charge is 0.0539 e. The van der Waals surface area contributed by atoms with E-state index in [2.05, 4.69) is 67.1 Å². The van der Waals surface area contributed by atoms with Gasteiger partial charge in [-0.2, -0.15) is 5.10 Å². The minimum absolute atomic E-state index is 0.847. The molecule has 0 spiro atoms. The van der Waals surface area contributed by atoms with Crippen molar-refractivity contribution in [3.8, 4) is 0 Å². The maximum Gasteiger partial charge on any atom is 0.0539 e. The van der Waals surface area contributed by atoms with Crippen LogP contribution in [0.2, 0.25) is 0 Å². The molecule has 0 bridgehead atoms. The molecule has 1 aromatic heterocycles. The van der Waals surface area contributed by atoms with Gasteiger partial charge in [-0.05, 0) is 33.6 Å². The molecule has 0 atom stereocenters. The van der Waals surface area contributed by atoms with Crippen molar-refractivity contribution in [2.45, 2.75) is 11.9 Å². The van der Waals surface area contributed by atoms with Crippen molar-refractivity contribution in [1.82, 2.24) is 9.78 Å². The molecule has 0 saturated carbocycles. The van der Waals surface area contributed by atoms with Crippen LogP contribution in [0.15, 0.2) is 35.1 Å². The summed E-state index contributed by atoms with van der Waals surface area (Å²) in [5.74, 6) is 0. The zero-order valence-corrected chi connectivity index (χ0v) is 13.6. The Morgan fingerprint density at radius 3 is 2.67 bits per heavy atom. The van der Waals surface area contributed by atoms with Gasteiger partial charge in [-0.3, -0.25) is 4.68 Å². The predicted molar refractivity (Wildman–Crippen MR) is 82.1 cm³/mol. The van der Waals surface area contributed by atoms with Gasteiger partial charge in [0, 0.05) is 42.2 Å². The second-order valence-corrected chi connectivity index (χ2v) is 5.71. The summed E-state index contributed by atoms with van der Waals surface area (Å²) in [5, 5.41) is 5.06. The summed E-state index contributed by atoms with van der Waals surface area (Å²) < 4.78 is 2.94. The normalized spacial score (nSPS) is 10.7. The Balaban J connectivity index is 2.15. The first-order valence-electron chi connectivity index (χ1n) is 5.63. The third-order valence-corrected chi connectivity index (χ3v) is 4.04. The molecule has 0 radical (unpaired) electrons. The summed E-state index contributed by atoms with van der Waals surface area (Å²) in [6.07, 6.45) is 3.94. The molecule has 18 heavy (non-hydrogen) atoms. The maximum atomic E-state index is 4.19. The van der Waals surface area contributed by atoms with E-state index in [1.54, 1.807) is 0 Å². The fourth-order valence-electron chi connectivity index (χ4n) is 1.86. The standard InChI is InChI=1S/C13H15Br2N3/c1-17(8-11-7-16-18(2)9-11)13-4-3-10(6-14)5-12(13)15/h3-5,7,9H,6,8H2,1-2H3. The van der Waals surface area contributed by atoms with Crippen molar-refractivity contribution >= 4 is 37.5 Å². The predicted octanol–water partition coefficient (Wildman–Crippen LogP) is 3.71. The highest BCUT2D eigenvalue weighted by Gasteiger charge is 2.08. The number of halogens is 2. The lowest BCUT2D eigenvalue weighted by atomic mass is 10.2. The van der Waals surface area contributed by atoms with Gasteiger partial charge < -0.3 is 4.90 Å². The van der Waals surface area contributed by atoms with Crippen LogP contribution >= 0.6 is 31.9 Å². The molecule has 1 aromatic carbocycles. The molecule has 0 aliphatic rings. The molecule has 0 aliphatic carbocycles. The minimum atomic E-state index is 0.847. The van der Waals surface area contributed by atoms with Crippen molar-refractivity contribution in [3.63, 3.8) is 0 Å². The molecule has 3 nitrogen and oxygen atoms in total. The molecule has 0 fully saturated rings. The van der Waals surface area contributed by atoms with Crippen LogP contribution < -0.4 is 4.90 Å². The molecule has 0 saturated heterocycles. The highest BCUT2D eigenvalue weighted by molar-refractivity contribution is 9.10. The third-order valence-electron chi connectivity index (χ3n) is 2.76. The van der Waals surface area contributed by atoms with Gasteiger partial charge in [0.1, 0.15) is 0 Å². The van der Waals surface area contributed by atoms with E-state index in [0.29, 0.717) is 0 Å². The van der Waals surface area contributed by atoms with Crippen molar-refractivity contribution in [3.05, 3.63) is 46.2 Å². The summed E-state index contributed by atoms with van der Waals surface area (Å²) in [5.41, 5.74) is 3.65. The van der Waals surface area contributed by atoms with E-state index in [9.17, 15) is 0 Å². The van der Waals surface area contributed by atoms with Crippen LogP contribution in [0.25, 0.3) is 0 Å². The Labute approximate surface area is 124 Å². The molecular weight excluding hydrogens is 358 g/mol. The van der Waals surface area contributed by atoms with Crippen molar-refractivity contribution in [1.29, 1.82) is 0 Å². The highest BCUT2D eigenvalue weighted by atomic mass is 79.9. The van der Waals surface area contributed by atoms with Gasteiger partial charge in [-0.15, -0.1) is 0 Å². The average molecular weight is 373 g/mol. The van der Waals surface area contributed by atoms with Gasteiger partial charge in [0.15, 0.2) is 0 Å². The number of hydrogen-bond acceptors (Lipinski definition) is 2. The van der Waals surface area contributed by atoms with Crippen molar-refractivity contribution in [2.24, 2.45) is 7.05 Å². The second kappa shape index (κ2) is 5.89. The largest absolute Gasteiger partial charge is 0.369 e. The van der Waals surface area contributed by atoms with Gasteiger partial charge >= 0.3 is 0 Å². The quantitative estimate of drug-likeness (QED) is 0.762. The highest BCUT2D eigenvalue weighted by Crippen LogP contribution is 2.28. The Morgan fingerprint density at radius 2 is 2.11 bits per heavy atom. The summed E-state index contributed by atoms with van der Waals surface area (Å²) in [4.78, 5) is 2.21. The van der Waals surface area contributed by atoms with Gasteiger partial charge in [0.2, 0.25) is 0 Å². The molecule has 5 heteroatoms. The fraction of sp³-hybridized carbons (Fsp3) is 0.308. The fourth-order valence-corrected chi connectivity index (χ4v) is 2.93. The monoisotopic (exact) mass is 371 g/mol. The summed E-state index contributed by atoms with van der Waals surface area (Å²) in [6, 6.07) is 6.41. The molecule has 0 unspecified atom stereocenters. The van der Waals surface area contributed by atoms with E-state index in [0.717, 1.165) is 16.3 Å². The van der Waals surface area contributed by atoms with Crippen LogP contribution in [0.4, 0.5) is 5.69 Å². The van der Waals surface area contributed by atoms with Crippen LogP contribution in [0.5, 0.6) is 0 Å². The number of alkyl halides is 1. The van der Waals surface area contributed by atoms with Crippen LogP contribution in [0, 0.1) is 0 Å². The molecular formula is C13H15Br2N3. The Hall–Kier alpha value is -0.810. The van der Waals surface area contributed by atoms with Gasteiger partial charge in [-0.1, -0.05) is 22.0 Å². The molecule has 0 N–H and O–H groups in total. The van der Waals surface area contributed by atoms with Crippen molar-refractivity contribution < 1.29 is 0 Å². The SMILES string of the molecule is CN(Cc1cnn(C)c1)c1ccc(CBr)cc1Br. The summed E-state index contributed by atoms with van der Waals surface area (Å²) >= 11 is 7.09. The Kier molecular flexibility index (Phi) is 4.45. The Morgan fingerprint density at radius 1 is 1.33 bits per heavy atom. The summed E-state index contributed by atoms with van der Waals surface area (Å²) in [7, 11) is 4.02. The van der Waals surface area contributed by atoms with Crippen LogP contribution in [0.1, 0.15) is 11.1 Å². The van der Waals surface area contributed by atoms with E-state index in [-0.39, 0.29) is 0 Å². The lowest BCUT2D eigenvalue weighted by Crippen LogP contribution is -2.16. The zero-order chi connectivity index (χ0) is 13.1. The van der Waals surface area contributed by atoms with Crippen LogP contribution in [-0.2, 0) is 18.9 Å². The third kappa shape index (κ3) is 3.14. The Bertz CT molecular complexity index is 537. The van der Waals surface area contributed by atoms with Gasteiger partial charge in [-0.25, -0.2) is 0 Å². The van der Waals surface area contributed by atoms with E-state index in [1.165, 1.54) is 16.8 Å². The second-order valence-electron chi connectivity index (χ2n) is 4.30. The number of hydrogen-bond donors (Lipinski definition) is 0. The van der Waals surface area contributed by atoms with Gasteiger partial charge in [0.25, 0.3) is 0 Å². The molecule has 96 valence electrons. The van der Waals surface area contributed by atoms with E-state index in [1.807, 2.05) is 24.1 Å². The lowest BCUT2D eigenvalue weighted by molar-refractivity contribution is 0.766. The van der Waals surface area contributed by atoms with Crippen molar-refractivity contribution in [2.75, 3.05) is 11.9 Å². The number of nitrogens with zero attached hydrogens (tertiary/aromatic N) is 3.